The molecule has 3 nitrogen and oxygen atoms in total. The molecule has 1 fully saturated rings. The van der Waals surface area contributed by atoms with E-state index < -0.39 is 11.7 Å². The molecular formula is C31H38F2IN2OU-. The molecule has 0 bridgehead atoms. The summed E-state index contributed by atoms with van der Waals surface area (Å²) in [5.41, 5.74) is 2.40. The maximum atomic E-state index is 16.1. The van der Waals surface area contributed by atoms with E-state index in [9.17, 15) is 0 Å². The summed E-state index contributed by atoms with van der Waals surface area (Å²) in [5.74, 6) is 1.06. The Hall–Kier alpha value is -0.618. The average Bonchev–Trinajstić information content (AvgIpc) is 3.16. The molecule has 204 valence electrons. The second-order valence-corrected chi connectivity index (χ2v) is 12.7. The number of hydrogen-bond donors (Lipinski definition) is 1. The Morgan fingerprint density at radius 1 is 1.24 bits per heavy atom. The molecule has 1 unspecified atom stereocenters. The standard InChI is InChI=1S/C31H38F2IN2O.U/c1-5-21(14-13-20-9-8-10-20)37-22-16-25(32)28(26(34)17-22)30-29-24(23-11-6-7-12-27(23)35-29)15-19(2)36(30)18-31(3,4)33;/h6-8,11-12,16-17,19-21,30,35H,5,9-10,13-15,18H2,1-4H3;/q-1;/t19-,21?,30-;/m1./s1. The Balaban J connectivity index is 0.00000336. The number of nitrogens with zero attached hydrogens (tertiary/aromatic N) is 1. The minimum atomic E-state index is -1.41. The molecule has 3 aromatic rings. The van der Waals surface area contributed by atoms with Gasteiger partial charge in [0.05, 0.1) is 12.1 Å². The van der Waals surface area contributed by atoms with Gasteiger partial charge >= 0.3 is 0 Å². The first-order chi connectivity index (χ1) is 17.6. The van der Waals surface area contributed by atoms with Gasteiger partial charge in [-0.1, -0.05) is 37.5 Å². The fourth-order valence-electron chi connectivity index (χ4n) is 5.99. The van der Waals surface area contributed by atoms with E-state index >= 15 is 8.78 Å². The molecule has 1 aliphatic heterocycles. The largest absolute Gasteiger partial charge is 0.490 e. The van der Waals surface area contributed by atoms with Crippen LogP contribution in [-0.2, 0) is 6.42 Å². The maximum absolute atomic E-state index is 16.1. The van der Waals surface area contributed by atoms with Gasteiger partial charge in [-0.05, 0) is 80.3 Å². The van der Waals surface area contributed by atoms with Gasteiger partial charge in [-0.3, -0.25) is 4.90 Å². The predicted molar refractivity (Wildman–Crippen MR) is 155 cm³/mol. The van der Waals surface area contributed by atoms with Crippen LogP contribution in [0, 0.1) is 52.8 Å². The zero-order valence-electron chi connectivity index (χ0n) is 22.8. The van der Waals surface area contributed by atoms with Crippen molar-refractivity contribution >= 4 is 33.5 Å². The molecule has 2 aliphatic rings. The van der Waals surface area contributed by atoms with Gasteiger partial charge < -0.3 is 16.1 Å². The first-order valence-corrected chi connectivity index (χ1v) is 14.7. The first-order valence-electron chi connectivity index (χ1n) is 13.7. The summed E-state index contributed by atoms with van der Waals surface area (Å²) in [4.78, 5) is 5.71. The molecule has 0 spiro atoms. The van der Waals surface area contributed by atoms with E-state index in [1.807, 2.05) is 18.2 Å². The number of ether oxygens (including phenoxy) is 1. The van der Waals surface area contributed by atoms with Gasteiger partial charge in [0.15, 0.2) is 0 Å². The normalized spacial score (nSPS) is 21.0. The van der Waals surface area contributed by atoms with E-state index in [1.165, 1.54) is 29.9 Å². The Kier molecular flexibility index (Phi) is 9.97. The van der Waals surface area contributed by atoms with Crippen LogP contribution >= 0.6 is 22.6 Å². The fraction of sp³-hybridized carbons (Fsp3) is 0.516. The second-order valence-electron chi connectivity index (χ2n) is 11.6. The quantitative estimate of drug-likeness (QED) is 0.173. The topological polar surface area (TPSA) is 28.3 Å². The molecule has 7 heteroatoms. The number of aromatic nitrogens is 1. The van der Waals surface area contributed by atoms with Crippen LogP contribution in [-0.4, -0.2) is 34.2 Å². The van der Waals surface area contributed by atoms with Gasteiger partial charge in [-0.15, -0.1) is 0 Å². The molecule has 3 atom stereocenters. The molecule has 1 saturated carbocycles. The zero-order chi connectivity index (χ0) is 26.3. The number of halogens is 3. The Morgan fingerprint density at radius 3 is 2.61 bits per heavy atom. The Bertz CT molecular complexity index is 1230. The van der Waals surface area contributed by atoms with Crippen LogP contribution in [0.25, 0.3) is 10.9 Å². The number of rotatable bonds is 9. The molecular weight excluding hydrogens is 819 g/mol. The Labute approximate surface area is 263 Å². The third kappa shape index (κ3) is 6.47. The van der Waals surface area contributed by atoms with Crippen molar-refractivity contribution in [2.45, 2.75) is 90.1 Å². The molecule has 2 aromatic carbocycles. The molecule has 1 N–H and O–H groups in total. The molecule has 38 heavy (non-hydrogen) atoms. The van der Waals surface area contributed by atoms with Crippen molar-refractivity contribution in [2.24, 2.45) is 5.92 Å². The number of benzene rings is 2. The van der Waals surface area contributed by atoms with E-state index in [0.29, 0.717) is 11.3 Å². The van der Waals surface area contributed by atoms with E-state index in [4.69, 9.17) is 4.74 Å². The summed E-state index contributed by atoms with van der Waals surface area (Å²) in [6, 6.07) is 11.4. The molecule has 0 radical (unpaired) electrons. The number of aromatic amines is 1. The van der Waals surface area contributed by atoms with E-state index in [1.54, 1.807) is 13.8 Å². The summed E-state index contributed by atoms with van der Waals surface area (Å²) in [5, 5.41) is 1.17. The molecule has 0 amide bonds. The van der Waals surface area contributed by atoms with Crippen LogP contribution in [0.5, 0.6) is 5.75 Å². The molecule has 1 aliphatic carbocycles. The maximum Gasteiger partial charge on any atom is 0.133 e. The first kappa shape index (κ1) is 30.3. The fourth-order valence-corrected chi connectivity index (χ4v) is 6.85. The summed E-state index contributed by atoms with van der Waals surface area (Å²) < 4.78 is 38.2. The number of nitrogens with one attached hydrogen (secondary N) is 1. The predicted octanol–water partition coefficient (Wildman–Crippen LogP) is 8.55. The van der Waals surface area contributed by atoms with Gasteiger partial charge in [0.1, 0.15) is 17.2 Å². The van der Waals surface area contributed by atoms with Crippen molar-refractivity contribution in [3.05, 3.63) is 69.0 Å². The monoisotopic (exact) mass is 857 g/mol. The number of H-pyrrole nitrogens is 1. The van der Waals surface area contributed by atoms with Crippen LogP contribution in [0.3, 0.4) is 0 Å². The van der Waals surface area contributed by atoms with E-state index in [0.717, 1.165) is 46.4 Å². The summed E-state index contributed by atoms with van der Waals surface area (Å²) in [7, 11) is 0. The Morgan fingerprint density at radius 2 is 1.97 bits per heavy atom. The summed E-state index contributed by atoms with van der Waals surface area (Å²) in [6.45, 7) is 7.67. The minimum absolute atomic E-state index is 0. The number of hydrogen-bond acceptors (Lipinski definition) is 2. The smallest absolute Gasteiger partial charge is 0.133 e. The molecule has 5 rings (SSSR count). The van der Waals surface area contributed by atoms with Crippen LogP contribution in [0.2, 0.25) is 0 Å². The van der Waals surface area contributed by atoms with Crippen molar-refractivity contribution in [2.75, 3.05) is 6.54 Å². The molecule has 0 saturated heterocycles. The van der Waals surface area contributed by atoms with Gasteiger partial charge in [0.2, 0.25) is 0 Å². The third-order valence-electron chi connectivity index (χ3n) is 8.06. The van der Waals surface area contributed by atoms with Crippen molar-refractivity contribution in [1.82, 2.24) is 9.88 Å². The summed E-state index contributed by atoms with van der Waals surface area (Å²) in [6.07, 6.45) is 8.67. The van der Waals surface area contributed by atoms with E-state index in [-0.39, 0.29) is 55.6 Å². The molecule has 1 aromatic heterocycles. The third-order valence-corrected chi connectivity index (χ3v) is 8.95. The summed E-state index contributed by atoms with van der Waals surface area (Å²) >= 11 is 2.23. The van der Waals surface area contributed by atoms with Crippen LogP contribution in [0.1, 0.15) is 82.7 Å². The van der Waals surface area contributed by atoms with Crippen molar-refractivity contribution in [3.63, 3.8) is 0 Å². The van der Waals surface area contributed by atoms with Crippen LogP contribution < -0.4 is 4.74 Å². The van der Waals surface area contributed by atoms with E-state index in [2.05, 4.69) is 64.9 Å². The van der Waals surface area contributed by atoms with Crippen LogP contribution in [0.15, 0.2) is 36.4 Å². The van der Waals surface area contributed by atoms with Crippen molar-refractivity contribution in [1.29, 1.82) is 0 Å². The van der Waals surface area contributed by atoms with Crippen molar-refractivity contribution in [3.8, 4) is 5.75 Å². The van der Waals surface area contributed by atoms with Gasteiger partial charge in [-0.2, -0.15) is 12.8 Å². The number of para-hydroxylation sites is 1. The number of alkyl halides is 1. The zero-order valence-corrected chi connectivity index (χ0v) is 29.1. The second kappa shape index (κ2) is 12.5. The molecule has 2 heterocycles. The average molecular weight is 858 g/mol. The van der Waals surface area contributed by atoms with Crippen LogP contribution in [0.4, 0.5) is 8.78 Å². The minimum Gasteiger partial charge on any atom is -0.490 e. The number of fused-ring (bicyclic) bond motifs is 3. The van der Waals surface area contributed by atoms with Gasteiger partial charge in [0.25, 0.3) is 0 Å². The SMILES string of the molecule is CCC(CCC1C[CH-]C1)Oc1cc(F)c([C@@H]2c3[nH]c4ccccc4c3C[C@@H](C)N2CC(C)(C)F)c(I)c1.[U]. The van der Waals surface area contributed by atoms with Gasteiger partial charge in [-0.25, -0.2) is 8.78 Å². The van der Waals surface area contributed by atoms with Gasteiger partial charge in [0, 0.05) is 75.5 Å². The van der Waals surface area contributed by atoms with Crippen molar-refractivity contribution < 1.29 is 44.6 Å².